The van der Waals surface area contributed by atoms with Gasteiger partial charge in [0.25, 0.3) is 0 Å². The van der Waals surface area contributed by atoms with Gasteiger partial charge in [-0.25, -0.2) is 0 Å². The molecule has 1 heterocycles. The van der Waals surface area contributed by atoms with Crippen LogP contribution in [0.15, 0.2) is 24.3 Å². The van der Waals surface area contributed by atoms with E-state index in [9.17, 15) is 0 Å². The van der Waals surface area contributed by atoms with Crippen molar-refractivity contribution < 1.29 is 0 Å². The summed E-state index contributed by atoms with van der Waals surface area (Å²) in [4.78, 5) is 0. The third-order valence-electron chi connectivity index (χ3n) is 4.82. The van der Waals surface area contributed by atoms with E-state index in [-0.39, 0.29) is 0 Å². The summed E-state index contributed by atoms with van der Waals surface area (Å²) in [7, 11) is 0. The van der Waals surface area contributed by atoms with Crippen LogP contribution >= 0.6 is 0 Å². The molecule has 1 nitrogen and oxygen atoms in total. The summed E-state index contributed by atoms with van der Waals surface area (Å²) in [6.45, 7) is 2.50. The average Bonchev–Trinajstić information content (AvgIpc) is 2.46. The predicted molar refractivity (Wildman–Crippen MR) is 76.9 cm³/mol. The van der Waals surface area contributed by atoms with Gasteiger partial charge < -0.3 is 5.32 Å². The minimum absolute atomic E-state index is 0.844. The highest BCUT2D eigenvalue weighted by Crippen LogP contribution is 2.35. The second-order valence-electron chi connectivity index (χ2n) is 6.08. The van der Waals surface area contributed by atoms with E-state index < -0.39 is 0 Å². The third-order valence-corrected chi connectivity index (χ3v) is 4.82. The summed E-state index contributed by atoms with van der Waals surface area (Å²) >= 11 is 0. The number of aryl methyl sites for hydroxylation is 1. The molecule has 2 aliphatic rings. The molecular weight excluding hydrogens is 218 g/mol. The molecule has 2 unspecified atom stereocenters. The van der Waals surface area contributed by atoms with Crippen LogP contribution in [0.5, 0.6) is 0 Å². The molecule has 1 aliphatic heterocycles. The van der Waals surface area contributed by atoms with E-state index in [2.05, 4.69) is 29.6 Å². The molecule has 2 atom stereocenters. The number of hydrogen-bond donors (Lipinski definition) is 1. The standard InChI is InChI=1S/C17H25N/c1-2-9-17-15(6-1)7-3-8-16(17)11-10-14-5-4-12-18-13-14/h1-2,6,9,14,16,18H,3-5,7-8,10-13H2. The van der Waals surface area contributed by atoms with E-state index in [4.69, 9.17) is 0 Å². The van der Waals surface area contributed by atoms with E-state index >= 15 is 0 Å². The topological polar surface area (TPSA) is 12.0 Å². The minimum Gasteiger partial charge on any atom is -0.316 e. The molecule has 0 bridgehead atoms. The second-order valence-corrected chi connectivity index (χ2v) is 6.08. The van der Waals surface area contributed by atoms with Crippen LogP contribution < -0.4 is 5.32 Å². The zero-order valence-electron chi connectivity index (χ0n) is 11.3. The third kappa shape index (κ3) is 2.77. The van der Waals surface area contributed by atoms with Gasteiger partial charge in [0.2, 0.25) is 0 Å². The van der Waals surface area contributed by atoms with E-state index in [0.717, 1.165) is 11.8 Å². The summed E-state index contributed by atoms with van der Waals surface area (Å²) < 4.78 is 0. The van der Waals surface area contributed by atoms with Crippen molar-refractivity contribution in [3.8, 4) is 0 Å². The molecule has 0 spiro atoms. The van der Waals surface area contributed by atoms with E-state index in [1.807, 2.05) is 0 Å². The Balaban J connectivity index is 1.60. The van der Waals surface area contributed by atoms with Gasteiger partial charge in [-0.2, -0.15) is 0 Å². The molecule has 1 heteroatoms. The molecule has 18 heavy (non-hydrogen) atoms. The lowest BCUT2D eigenvalue weighted by Crippen LogP contribution is -2.30. The van der Waals surface area contributed by atoms with Crippen molar-refractivity contribution in [2.45, 2.75) is 50.9 Å². The first-order chi connectivity index (χ1) is 8.93. The van der Waals surface area contributed by atoms with Crippen molar-refractivity contribution in [1.29, 1.82) is 0 Å². The molecule has 3 rings (SSSR count). The smallest absolute Gasteiger partial charge is 0.00205 e. The van der Waals surface area contributed by atoms with Crippen LogP contribution in [-0.2, 0) is 6.42 Å². The van der Waals surface area contributed by atoms with Gasteiger partial charge >= 0.3 is 0 Å². The molecule has 1 aromatic rings. The summed E-state index contributed by atoms with van der Waals surface area (Å²) in [5.41, 5.74) is 3.28. The molecule has 1 aromatic carbocycles. The van der Waals surface area contributed by atoms with Crippen molar-refractivity contribution in [3.63, 3.8) is 0 Å². The van der Waals surface area contributed by atoms with Gasteiger partial charge in [-0.05, 0) is 81.0 Å². The fraction of sp³-hybridized carbons (Fsp3) is 0.647. The molecule has 0 aromatic heterocycles. The normalized spacial score (nSPS) is 27.8. The number of rotatable bonds is 3. The van der Waals surface area contributed by atoms with Gasteiger partial charge in [0.15, 0.2) is 0 Å². The summed E-state index contributed by atoms with van der Waals surface area (Å²) in [5.74, 6) is 1.78. The number of benzene rings is 1. The Morgan fingerprint density at radius 1 is 1.06 bits per heavy atom. The van der Waals surface area contributed by atoms with Gasteiger partial charge in [-0.15, -0.1) is 0 Å². The number of piperidine rings is 1. The molecule has 1 N–H and O–H groups in total. The zero-order valence-corrected chi connectivity index (χ0v) is 11.3. The monoisotopic (exact) mass is 243 g/mol. The van der Waals surface area contributed by atoms with Crippen LogP contribution in [0.25, 0.3) is 0 Å². The van der Waals surface area contributed by atoms with Gasteiger partial charge in [-0.3, -0.25) is 0 Å². The Morgan fingerprint density at radius 3 is 2.89 bits per heavy atom. The predicted octanol–water partition coefficient (Wildman–Crippen LogP) is 3.89. The van der Waals surface area contributed by atoms with Crippen LogP contribution in [-0.4, -0.2) is 13.1 Å². The van der Waals surface area contributed by atoms with E-state index in [0.29, 0.717) is 0 Å². The van der Waals surface area contributed by atoms with Crippen LogP contribution in [0.1, 0.15) is 55.6 Å². The van der Waals surface area contributed by atoms with Crippen molar-refractivity contribution in [1.82, 2.24) is 5.32 Å². The lowest BCUT2D eigenvalue weighted by atomic mass is 9.78. The Labute approximate surface area is 111 Å². The SMILES string of the molecule is c1ccc2c(c1)CCCC2CCC1CCCNC1. The molecular formula is C17H25N. The van der Waals surface area contributed by atoms with Crippen LogP contribution in [0.2, 0.25) is 0 Å². The molecule has 98 valence electrons. The first-order valence-corrected chi connectivity index (χ1v) is 7.72. The molecule has 1 saturated heterocycles. The van der Waals surface area contributed by atoms with Gasteiger partial charge in [0.05, 0.1) is 0 Å². The minimum atomic E-state index is 0.844. The lowest BCUT2D eigenvalue weighted by molar-refractivity contribution is 0.334. The van der Waals surface area contributed by atoms with Crippen molar-refractivity contribution >= 4 is 0 Å². The maximum absolute atomic E-state index is 3.54. The van der Waals surface area contributed by atoms with Crippen LogP contribution in [0.3, 0.4) is 0 Å². The number of hydrogen-bond acceptors (Lipinski definition) is 1. The second kappa shape index (κ2) is 5.88. The average molecular weight is 243 g/mol. The first kappa shape index (κ1) is 12.2. The summed E-state index contributed by atoms with van der Waals surface area (Å²) in [6.07, 6.45) is 9.77. The molecule has 0 saturated carbocycles. The highest BCUT2D eigenvalue weighted by atomic mass is 14.9. The summed E-state index contributed by atoms with van der Waals surface area (Å²) in [5, 5.41) is 3.54. The maximum atomic E-state index is 3.54. The number of nitrogens with one attached hydrogen (secondary N) is 1. The fourth-order valence-corrected chi connectivity index (χ4v) is 3.76. The molecule has 1 aliphatic carbocycles. The zero-order chi connectivity index (χ0) is 12.2. The Hall–Kier alpha value is -0.820. The highest BCUT2D eigenvalue weighted by Gasteiger charge is 2.21. The van der Waals surface area contributed by atoms with Crippen LogP contribution in [0, 0.1) is 5.92 Å². The van der Waals surface area contributed by atoms with Crippen molar-refractivity contribution in [2.24, 2.45) is 5.92 Å². The molecule has 0 amide bonds. The largest absolute Gasteiger partial charge is 0.316 e. The van der Waals surface area contributed by atoms with E-state index in [1.165, 1.54) is 58.0 Å². The Morgan fingerprint density at radius 2 is 2.00 bits per heavy atom. The first-order valence-electron chi connectivity index (χ1n) is 7.72. The number of fused-ring (bicyclic) bond motifs is 1. The molecule has 0 radical (unpaired) electrons. The lowest BCUT2D eigenvalue weighted by Gasteiger charge is -2.28. The van der Waals surface area contributed by atoms with Crippen molar-refractivity contribution in [3.05, 3.63) is 35.4 Å². The van der Waals surface area contributed by atoms with Gasteiger partial charge in [0, 0.05) is 0 Å². The Bertz CT molecular complexity index is 379. The summed E-state index contributed by atoms with van der Waals surface area (Å²) in [6, 6.07) is 9.13. The molecule has 1 fully saturated rings. The van der Waals surface area contributed by atoms with Crippen molar-refractivity contribution in [2.75, 3.05) is 13.1 Å². The Kier molecular flexibility index (Phi) is 3.99. The highest BCUT2D eigenvalue weighted by molar-refractivity contribution is 5.32. The van der Waals surface area contributed by atoms with Crippen LogP contribution in [0.4, 0.5) is 0 Å². The quantitative estimate of drug-likeness (QED) is 0.849. The van der Waals surface area contributed by atoms with Gasteiger partial charge in [-0.1, -0.05) is 24.3 Å². The fourth-order valence-electron chi connectivity index (χ4n) is 3.76. The maximum Gasteiger partial charge on any atom is -0.00205 e. The van der Waals surface area contributed by atoms with E-state index in [1.54, 1.807) is 11.1 Å². The van der Waals surface area contributed by atoms with Gasteiger partial charge in [0.1, 0.15) is 0 Å².